The van der Waals surface area contributed by atoms with Crippen LogP contribution in [-0.4, -0.2) is 14.6 Å². The van der Waals surface area contributed by atoms with E-state index in [-0.39, 0.29) is 5.41 Å². The van der Waals surface area contributed by atoms with Gasteiger partial charge in [0.2, 0.25) is 0 Å². The van der Waals surface area contributed by atoms with Crippen molar-refractivity contribution in [1.29, 1.82) is 0 Å². The lowest BCUT2D eigenvalue weighted by Gasteiger charge is -2.21. The van der Waals surface area contributed by atoms with Crippen LogP contribution in [0.3, 0.4) is 0 Å². The zero-order valence-corrected chi connectivity index (χ0v) is 20.9. The average molecular weight is 456 g/mol. The molecule has 0 fully saturated rings. The topological polar surface area (TPSA) is 30.2 Å². The molecule has 0 aliphatic heterocycles. The van der Waals surface area contributed by atoms with Crippen LogP contribution in [0.2, 0.25) is 0 Å². The second kappa shape index (κ2) is 7.78. The zero-order valence-electron chi connectivity index (χ0n) is 20.9. The van der Waals surface area contributed by atoms with Gasteiger partial charge in [-0.25, -0.2) is 0 Å². The number of benzene rings is 4. The van der Waals surface area contributed by atoms with Crippen molar-refractivity contribution in [1.82, 2.24) is 14.6 Å². The van der Waals surface area contributed by atoms with Crippen LogP contribution < -0.4 is 0 Å². The lowest BCUT2D eigenvalue weighted by molar-refractivity contribution is 0.660. The number of pyridine rings is 1. The molecule has 2 aromatic heterocycles. The van der Waals surface area contributed by atoms with E-state index in [9.17, 15) is 0 Å². The molecule has 0 bridgehead atoms. The maximum atomic E-state index is 4.72. The Bertz CT molecular complexity index is 1750. The summed E-state index contributed by atoms with van der Waals surface area (Å²) in [5, 5.41) is 13.0. The monoisotopic (exact) mass is 455 g/mol. The molecule has 0 N–H and O–H groups in total. The lowest BCUT2D eigenvalue weighted by atomic mass is 9.82. The van der Waals surface area contributed by atoms with Crippen molar-refractivity contribution in [2.24, 2.45) is 0 Å². The Hall–Kier alpha value is -3.98. The van der Waals surface area contributed by atoms with Gasteiger partial charge in [0, 0.05) is 21.8 Å². The first-order valence-corrected chi connectivity index (χ1v) is 12.4. The Morgan fingerprint density at radius 2 is 1.37 bits per heavy atom. The van der Waals surface area contributed by atoms with Crippen LogP contribution in [0.1, 0.15) is 44.4 Å². The Balaban J connectivity index is 0.00000112. The molecule has 3 nitrogen and oxygen atoms in total. The Labute approximate surface area is 206 Å². The molecule has 3 heteroatoms. The molecule has 6 aromatic rings. The van der Waals surface area contributed by atoms with Gasteiger partial charge < -0.3 is 0 Å². The van der Waals surface area contributed by atoms with Crippen molar-refractivity contribution in [2.75, 3.05) is 0 Å². The first-order chi connectivity index (χ1) is 17.0. The standard InChI is InChI=1S/C30H23N3.C2H6/c1-18-12-15-27-24(16-18)20-8-4-5-10-23(20)29-32-31-28(33(27)29)19-13-14-22-21-9-6-7-11-25(21)30(2,3)26(22)17-19;1-2/h4-17H,1-3H3;1-2H3. The van der Waals surface area contributed by atoms with Crippen molar-refractivity contribution in [3.05, 3.63) is 102 Å². The van der Waals surface area contributed by atoms with Gasteiger partial charge in [-0.2, -0.15) is 0 Å². The maximum Gasteiger partial charge on any atom is 0.169 e. The fraction of sp³-hybridized carbons (Fsp3) is 0.188. The zero-order chi connectivity index (χ0) is 24.3. The van der Waals surface area contributed by atoms with Crippen LogP contribution >= 0.6 is 0 Å². The number of fused-ring (bicyclic) bond motifs is 9. The predicted molar refractivity (Wildman–Crippen MR) is 147 cm³/mol. The van der Waals surface area contributed by atoms with Gasteiger partial charge in [-0.15, -0.1) is 10.2 Å². The van der Waals surface area contributed by atoms with E-state index >= 15 is 0 Å². The van der Waals surface area contributed by atoms with Crippen molar-refractivity contribution in [3.63, 3.8) is 0 Å². The summed E-state index contributed by atoms with van der Waals surface area (Å²) in [4.78, 5) is 0. The highest BCUT2D eigenvalue weighted by atomic mass is 15.2. The predicted octanol–water partition coefficient (Wildman–Crippen LogP) is 8.34. The molecule has 0 unspecified atom stereocenters. The van der Waals surface area contributed by atoms with Crippen LogP contribution in [-0.2, 0) is 5.41 Å². The third-order valence-electron chi connectivity index (χ3n) is 7.36. The van der Waals surface area contributed by atoms with E-state index in [4.69, 9.17) is 5.10 Å². The van der Waals surface area contributed by atoms with Crippen molar-refractivity contribution < 1.29 is 0 Å². The molecule has 1 aliphatic carbocycles. The summed E-state index contributed by atoms with van der Waals surface area (Å²) in [6, 6.07) is 30.7. The van der Waals surface area contributed by atoms with E-state index in [1.54, 1.807) is 0 Å². The van der Waals surface area contributed by atoms with Crippen LogP contribution in [0.25, 0.3) is 49.8 Å². The SMILES string of the molecule is CC.Cc1ccc2c(c1)c1ccccc1c1nnc(-c3ccc4c(c3)C(C)(C)c3ccccc3-4)n21. The highest BCUT2D eigenvalue weighted by molar-refractivity contribution is 6.12. The van der Waals surface area contributed by atoms with E-state index in [2.05, 4.69) is 115 Å². The van der Waals surface area contributed by atoms with E-state index in [0.29, 0.717) is 0 Å². The second-order valence-electron chi connectivity index (χ2n) is 9.68. The molecule has 4 aromatic carbocycles. The number of aryl methyl sites for hydroxylation is 1. The molecule has 7 rings (SSSR count). The van der Waals surface area contributed by atoms with E-state index in [1.807, 2.05) is 13.8 Å². The summed E-state index contributed by atoms with van der Waals surface area (Å²) < 4.78 is 2.23. The van der Waals surface area contributed by atoms with Crippen LogP contribution in [0.4, 0.5) is 0 Å². The molecule has 35 heavy (non-hydrogen) atoms. The quantitative estimate of drug-likeness (QED) is 0.233. The largest absolute Gasteiger partial charge is 0.274 e. The van der Waals surface area contributed by atoms with Gasteiger partial charge >= 0.3 is 0 Å². The molecule has 1 aliphatic rings. The van der Waals surface area contributed by atoms with Gasteiger partial charge in [0.15, 0.2) is 11.5 Å². The molecular formula is C32H29N3. The number of hydrogen-bond acceptors (Lipinski definition) is 2. The van der Waals surface area contributed by atoms with Crippen molar-refractivity contribution in [2.45, 2.75) is 40.0 Å². The molecule has 0 saturated carbocycles. The fourth-order valence-electron chi connectivity index (χ4n) is 5.69. The van der Waals surface area contributed by atoms with Crippen LogP contribution in [0.5, 0.6) is 0 Å². The van der Waals surface area contributed by atoms with E-state index in [0.717, 1.165) is 27.9 Å². The van der Waals surface area contributed by atoms with Crippen molar-refractivity contribution >= 4 is 27.3 Å². The Morgan fingerprint density at radius 1 is 0.657 bits per heavy atom. The van der Waals surface area contributed by atoms with Crippen molar-refractivity contribution in [3.8, 4) is 22.5 Å². The summed E-state index contributed by atoms with van der Waals surface area (Å²) in [5.74, 6) is 0.888. The molecule has 172 valence electrons. The lowest BCUT2D eigenvalue weighted by Crippen LogP contribution is -2.15. The first-order valence-electron chi connectivity index (χ1n) is 12.4. The average Bonchev–Trinajstić information content (AvgIpc) is 3.43. The van der Waals surface area contributed by atoms with Gasteiger partial charge in [-0.1, -0.05) is 100.0 Å². The summed E-state index contributed by atoms with van der Waals surface area (Å²) in [5.41, 5.74) is 9.72. The minimum atomic E-state index is -0.0473. The third-order valence-corrected chi connectivity index (χ3v) is 7.36. The fourth-order valence-corrected chi connectivity index (χ4v) is 5.69. The first kappa shape index (κ1) is 21.5. The Morgan fingerprint density at radius 3 is 2.20 bits per heavy atom. The minimum Gasteiger partial charge on any atom is -0.274 e. The molecule has 0 spiro atoms. The molecular weight excluding hydrogens is 426 g/mol. The number of aromatic nitrogens is 3. The summed E-state index contributed by atoms with van der Waals surface area (Å²) in [6.07, 6.45) is 0. The molecule has 2 heterocycles. The highest BCUT2D eigenvalue weighted by Crippen LogP contribution is 2.49. The Kier molecular flexibility index (Phi) is 4.79. The van der Waals surface area contributed by atoms with Crippen LogP contribution in [0.15, 0.2) is 84.9 Å². The number of rotatable bonds is 1. The number of nitrogens with zero attached hydrogens (tertiary/aromatic N) is 3. The molecule has 0 radical (unpaired) electrons. The van der Waals surface area contributed by atoms with Gasteiger partial charge in [0.05, 0.1) is 5.52 Å². The van der Waals surface area contributed by atoms with E-state index < -0.39 is 0 Å². The second-order valence-corrected chi connectivity index (χ2v) is 9.68. The van der Waals surface area contributed by atoms with Crippen LogP contribution in [0, 0.1) is 6.92 Å². The summed E-state index contributed by atoms with van der Waals surface area (Å²) in [7, 11) is 0. The third kappa shape index (κ3) is 2.97. The van der Waals surface area contributed by atoms with Gasteiger partial charge in [-0.05, 0) is 52.8 Å². The smallest absolute Gasteiger partial charge is 0.169 e. The number of hydrogen-bond donors (Lipinski definition) is 0. The maximum absolute atomic E-state index is 4.72. The van der Waals surface area contributed by atoms with Gasteiger partial charge in [0.1, 0.15) is 0 Å². The summed E-state index contributed by atoms with van der Waals surface area (Å²) >= 11 is 0. The normalized spacial score (nSPS) is 13.5. The molecule has 0 amide bonds. The molecule has 0 saturated heterocycles. The van der Waals surface area contributed by atoms with Gasteiger partial charge in [-0.3, -0.25) is 4.40 Å². The van der Waals surface area contributed by atoms with E-state index in [1.165, 1.54) is 38.6 Å². The highest BCUT2D eigenvalue weighted by Gasteiger charge is 2.35. The molecule has 0 atom stereocenters. The van der Waals surface area contributed by atoms with Gasteiger partial charge in [0.25, 0.3) is 0 Å². The summed E-state index contributed by atoms with van der Waals surface area (Å²) in [6.45, 7) is 10.8. The minimum absolute atomic E-state index is 0.0473.